The molecular formula is C12H12F2N2O2. The molecule has 0 saturated carbocycles. The first-order chi connectivity index (χ1) is 8.45. The Hall–Kier alpha value is -2.00. The molecule has 0 aliphatic heterocycles. The van der Waals surface area contributed by atoms with E-state index in [2.05, 4.69) is 0 Å². The van der Waals surface area contributed by atoms with Gasteiger partial charge in [-0.15, -0.1) is 0 Å². The summed E-state index contributed by atoms with van der Waals surface area (Å²) in [4.78, 5) is 11.8. The first kappa shape index (κ1) is 14.1. The molecular weight excluding hydrogens is 242 g/mol. The number of nitriles is 1. The van der Waals surface area contributed by atoms with Crippen molar-refractivity contribution in [2.24, 2.45) is 0 Å². The van der Waals surface area contributed by atoms with Crippen LogP contribution < -0.4 is 0 Å². The van der Waals surface area contributed by atoms with Gasteiger partial charge in [-0.3, -0.25) is 9.69 Å². The number of benzene rings is 1. The van der Waals surface area contributed by atoms with Crippen molar-refractivity contribution in [3.8, 4) is 6.07 Å². The molecule has 0 radical (unpaired) electrons. The largest absolute Gasteiger partial charge is 0.481 e. The molecule has 18 heavy (non-hydrogen) atoms. The predicted octanol–water partition coefficient (Wildman–Crippen LogP) is 1.94. The van der Waals surface area contributed by atoms with Gasteiger partial charge in [0.1, 0.15) is 17.7 Å². The minimum Gasteiger partial charge on any atom is -0.481 e. The van der Waals surface area contributed by atoms with Crippen LogP contribution in [-0.4, -0.2) is 29.6 Å². The summed E-state index contributed by atoms with van der Waals surface area (Å²) < 4.78 is 26.3. The Bertz CT molecular complexity index is 485. The lowest BCUT2D eigenvalue weighted by atomic mass is 10.1. The average Bonchev–Trinajstić information content (AvgIpc) is 2.30. The third-order valence-corrected chi connectivity index (χ3v) is 2.50. The third-order valence-electron chi connectivity index (χ3n) is 2.50. The van der Waals surface area contributed by atoms with Crippen molar-refractivity contribution < 1.29 is 18.7 Å². The number of aliphatic carboxylic acids is 1. The van der Waals surface area contributed by atoms with Gasteiger partial charge in [-0.25, -0.2) is 8.78 Å². The number of hydrogen-bond acceptors (Lipinski definition) is 3. The number of rotatable bonds is 5. The summed E-state index contributed by atoms with van der Waals surface area (Å²) >= 11 is 0. The fourth-order valence-corrected chi connectivity index (χ4v) is 1.53. The lowest BCUT2D eigenvalue weighted by Crippen LogP contribution is -2.26. The zero-order valence-corrected chi connectivity index (χ0v) is 9.73. The molecule has 4 nitrogen and oxygen atoms in total. The summed E-state index contributed by atoms with van der Waals surface area (Å²) in [5, 5.41) is 17.6. The Labute approximate surface area is 103 Å². The van der Waals surface area contributed by atoms with Crippen LogP contribution in [0.4, 0.5) is 8.78 Å². The molecule has 0 heterocycles. The van der Waals surface area contributed by atoms with Crippen LogP contribution in [0.5, 0.6) is 0 Å². The fourth-order valence-electron chi connectivity index (χ4n) is 1.53. The summed E-state index contributed by atoms with van der Waals surface area (Å²) in [6.45, 7) is 0.102. The third kappa shape index (κ3) is 3.50. The van der Waals surface area contributed by atoms with Crippen molar-refractivity contribution in [2.75, 3.05) is 13.6 Å². The number of hydrogen-bond donors (Lipinski definition) is 1. The molecule has 1 atom stereocenters. The van der Waals surface area contributed by atoms with Gasteiger partial charge in [-0.1, -0.05) is 6.07 Å². The van der Waals surface area contributed by atoms with Crippen molar-refractivity contribution in [3.63, 3.8) is 0 Å². The molecule has 0 spiro atoms. The second-order valence-corrected chi connectivity index (χ2v) is 3.82. The minimum absolute atomic E-state index is 0.0341. The summed E-state index contributed by atoms with van der Waals surface area (Å²) in [5.74, 6) is -2.54. The highest BCUT2D eigenvalue weighted by atomic mass is 19.1. The standard InChI is InChI=1S/C12H12F2N2O2/c1-16(5-4-12(17)18)11(7-15)9-3-2-8(13)6-10(9)14/h2-3,6,11H,4-5H2,1H3,(H,17,18). The topological polar surface area (TPSA) is 64.3 Å². The van der Waals surface area contributed by atoms with Gasteiger partial charge in [0.25, 0.3) is 0 Å². The summed E-state index contributed by atoms with van der Waals surface area (Å²) in [6.07, 6.45) is -0.155. The molecule has 96 valence electrons. The molecule has 1 aromatic rings. The summed E-state index contributed by atoms with van der Waals surface area (Å²) in [6, 6.07) is 3.89. The molecule has 1 rings (SSSR count). The normalized spacial score (nSPS) is 12.2. The lowest BCUT2D eigenvalue weighted by Gasteiger charge is -2.22. The molecule has 0 bridgehead atoms. The number of carbonyl (C=O) groups is 1. The molecule has 0 aliphatic rings. The Morgan fingerprint density at radius 3 is 2.72 bits per heavy atom. The maximum Gasteiger partial charge on any atom is 0.304 e. The Balaban J connectivity index is 2.89. The van der Waals surface area contributed by atoms with E-state index in [9.17, 15) is 13.6 Å². The first-order valence-electron chi connectivity index (χ1n) is 5.22. The second kappa shape index (κ2) is 6.07. The molecule has 0 saturated heterocycles. The Morgan fingerprint density at radius 1 is 1.56 bits per heavy atom. The van der Waals surface area contributed by atoms with Crippen LogP contribution in [0.2, 0.25) is 0 Å². The monoisotopic (exact) mass is 254 g/mol. The number of carboxylic acids is 1. The number of halogens is 2. The second-order valence-electron chi connectivity index (χ2n) is 3.82. The van der Waals surface area contributed by atoms with Gasteiger partial charge in [0, 0.05) is 18.2 Å². The van der Waals surface area contributed by atoms with E-state index in [0.717, 1.165) is 6.07 Å². The van der Waals surface area contributed by atoms with Crippen molar-refractivity contribution in [3.05, 3.63) is 35.4 Å². The van der Waals surface area contributed by atoms with E-state index in [1.54, 1.807) is 0 Å². The number of carboxylic acid groups (broad SMARTS) is 1. The van der Waals surface area contributed by atoms with Crippen LogP contribution in [0.15, 0.2) is 18.2 Å². The quantitative estimate of drug-likeness (QED) is 0.872. The van der Waals surface area contributed by atoms with E-state index in [4.69, 9.17) is 10.4 Å². The van der Waals surface area contributed by atoms with Crippen molar-refractivity contribution in [1.82, 2.24) is 4.90 Å². The van der Waals surface area contributed by atoms with Gasteiger partial charge in [0.05, 0.1) is 12.5 Å². The van der Waals surface area contributed by atoms with Gasteiger partial charge in [-0.05, 0) is 13.1 Å². The van der Waals surface area contributed by atoms with E-state index in [-0.39, 0.29) is 18.5 Å². The number of nitrogens with zero attached hydrogens (tertiary/aromatic N) is 2. The molecule has 1 N–H and O–H groups in total. The van der Waals surface area contributed by atoms with Crippen molar-refractivity contribution in [2.45, 2.75) is 12.5 Å². The highest BCUT2D eigenvalue weighted by Gasteiger charge is 2.20. The molecule has 0 aliphatic carbocycles. The van der Waals surface area contributed by atoms with E-state index < -0.39 is 23.6 Å². The minimum atomic E-state index is -1.00. The maximum absolute atomic E-state index is 13.5. The van der Waals surface area contributed by atoms with E-state index in [1.807, 2.05) is 6.07 Å². The molecule has 1 aromatic carbocycles. The van der Waals surface area contributed by atoms with Gasteiger partial charge in [0.15, 0.2) is 0 Å². The molecule has 1 unspecified atom stereocenters. The van der Waals surface area contributed by atoms with Gasteiger partial charge >= 0.3 is 5.97 Å². The Kier molecular flexibility index (Phi) is 4.75. The highest BCUT2D eigenvalue weighted by Crippen LogP contribution is 2.22. The first-order valence-corrected chi connectivity index (χ1v) is 5.22. The fraction of sp³-hybridized carbons (Fsp3) is 0.333. The molecule has 0 aromatic heterocycles. The van der Waals surface area contributed by atoms with Crippen molar-refractivity contribution in [1.29, 1.82) is 5.26 Å². The van der Waals surface area contributed by atoms with Crippen LogP contribution in [-0.2, 0) is 4.79 Å². The van der Waals surface area contributed by atoms with E-state index >= 15 is 0 Å². The Morgan fingerprint density at radius 2 is 2.22 bits per heavy atom. The SMILES string of the molecule is CN(CCC(=O)O)C(C#N)c1ccc(F)cc1F. The van der Waals surface area contributed by atoms with Crippen molar-refractivity contribution >= 4 is 5.97 Å². The smallest absolute Gasteiger partial charge is 0.304 e. The van der Waals surface area contributed by atoms with Gasteiger partial charge < -0.3 is 5.11 Å². The van der Waals surface area contributed by atoms with Crippen LogP contribution in [0.1, 0.15) is 18.0 Å². The summed E-state index contributed by atoms with van der Waals surface area (Å²) in [5.41, 5.74) is 0.0341. The zero-order chi connectivity index (χ0) is 13.7. The van der Waals surface area contributed by atoms with Crippen LogP contribution in [0.3, 0.4) is 0 Å². The van der Waals surface area contributed by atoms with Gasteiger partial charge in [-0.2, -0.15) is 5.26 Å². The zero-order valence-electron chi connectivity index (χ0n) is 9.73. The van der Waals surface area contributed by atoms with E-state index in [1.165, 1.54) is 18.0 Å². The van der Waals surface area contributed by atoms with E-state index in [0.29, 0.717) is 6.07 Å². The average molecular weight is 254 g/mol. The van der Waals surface area contributed by atoms with Gasteiger partial charge in [0.2, 0.25) is 0 Å². The summed E-state index contributed by atoms with van der Waals surface area (Å²) in [7, 11) is 1.51. The molecule has 6 heteroatoms. The van der Waals surface area contributed by atoms with Crippen LogP contribution in [0, 0.1) is 23.0 Å². The molecule has 0 fully saturated rings. The van der Waals surface area contributed by atoms with Crippen LogP contribution >= 0.6 is 0 Å². The lowest BCUT2D eigenvalue weighted by molar-refractivity contribution is -0.137. The predicted molar refractivity (Wildman–Crippen MR) is 59.6 cm³/mol. The van der Waals surface area contributed by atoms with Crippen LogP contribution in [0.25, 0.3) is 0 Å². The highest BCUT2D eigenvalue weighted by molar-refractivity contribution is 5.66. The maximum atomic E-state index is 13.5. The molecule has 0 amide bonds.